The van der Waals surface area contributed by atoms with E-state index in [1.807, 2.05) is 0 Å². The molecule has 0 spiro atoms. The van der Waals surface area contributed by atoms with Gasteiger partial charge in [-0.05, 0) is 5.41 Å². The minimum absolute atomic E-state index is 0.134. The molecule has 1 aromatic rings. The second kappa shape index (κ2) is 4.56. The summed E-state index contributed by atoms with van der Waals surface area (Å²) in [5.41, 5.74) is 0.0577. The van der Waals surface area contributed by atoms with E-state index in [0.29, 0.717) is 5.56 Å². The Morgan fingerprint density at radius 3 is 2.18 bits per heavy atom. The molecule has 1 rings (SSSR count). The smallest absolute Gasteiger partial charge is 0.405 e. The summed E-state index contributed by atoms with van der Waals surface area (Å²) in [5.74, 6) is -0.296. The van der Waals surface area contributed by atoms with Crippen LogP contribution in [0.2, 0.25) is 0 Å². The number of alkyl halides is 3. The summed E-state index contributed by atoms with van der Waals surface area (Å²) < 4.78 is 41.0. The lowest BCUT2D eigenvalue weighted by Crippen LogP contribution is -2.22. The number of benzene rings is 1. The monoisotopic (exact) mass is 248 g/mol. The highest BCUT2D eigenvalue weighted by molar-refractivity contribution is 5.45. The van der Waals surface area contributed by atoms with Crippen LogP contribution in [-0.2, 0) is 12.0 Å². The minimum Gasteiger partial charge on any atom is -0.405 e. The Hall–Kier alpha value is -1.23. The molecule has 96 valence electrons. The van der Waals surface area contributed by atoms with Gasteiger partial charge in [0.15, 0.2) is 0 Å². The maximum Gasteiger partial charge on any atom is 0.573 e. The largest absolute Gasteiger partial charge is 0.573 e. The maximum absolute atomic E-state index is 12.3. The fraction of sp³-hybridized carbons (Fsp3) is 0.500. The molecule has 0 saturated heterocycles. The van der Waals surface area contributed by atoms with Crippen molar-refractivity contribution in [2.45, 2.75) is 39.2 Å². The molecule has 0 unspecified atom stereocenters. The molecular formula is C12H15F3O2. The van der Waals surface area contributed by atoms with Gasteiger partial charge in [0.05, 0.1) is 6.61 Å². The average molecular weight is 248 g/mol. The zero-order valence-corrected chi connectivity index (χ0v) is 9.93. The molecule has 0 heterocycles. The van der Waals surface area contributed by atoms with Crippen molar-refractivity contribution < 1.29 is 23.0 Å². The summed E-state index contributed by atoms with van der Waals surface area (Å²) in [7, 11) is 0. The normalized spacial score (nSPS) is 12.6. The van der Waals surface area contributed by atoms with Crippen molar-refractivity contribution >= 4 is 0 Å². The number of hydrogen-bond acceptors (Lipinski definition) is 2. The molecule has 0 atom stereocenters. The zero-order chi connectivity index (χ0) is 13.3. The molecule has 1 N–H and O–H groups in total. The molecular weight excluding hydrogens is 233 g/mol. The summed E-state index contributed by atoms with van der Waals surface area (Å²) >= 11 is 0. The highest BCUT2D eigenvalue weighted by Gasteiger charge is 2.34. The zero-order valence-electron chi connectivity index (χ0n) is 9.93. The molecule has 1 aromatic carbocycles. The molecule has 0 fully saturated rings. The number of rotatable bonds is 2. The van der Waals surface area contributed by atoms with Crippen molar-refractivity contribution in [2.75, 3.05) is 0 Å². The van der Waals surface area contributed by atoms with Gasteiger partial charge in [0.2, 0.25) is 0 Å². The maximum atomic E-state index is 12.3. The Bertz CT molecular complexity index is 392. The first kappa shape index (κ1) is 13.8. The third kappa shape index (κ3) is 3.63. The van der Waals surface area contributed by atoms with Crippen LogP contribution in [0.5, 0.6) is 5.75 Å². The van der Waals surface area contributed by atoms with Gasteiger partial charge in [-0.3, -0.25) is 0 Å². The molecule has 0 aliphatic heterocycles. The SMILES string of the molecule is CC(C)(C)c1cccc(CO)c1OC(F)(F)F. The highest BCUT2D eigenvalue weighted by Crippen LogP contribution is 2.37. The predicted molar refractivity (Wildman–Crippen MR) is 57.7 cm³/mol. The average Bonchev–Trinajstić information content (AvgIpc) is 2.13. The Balaban J connectivity index is 3.31. The highest BCUT2D eigenvalue weighted by atomic mass is 19.4. The van der Waals surface area contributed by atoms with Gasteiger partial charge in [0.1, 0.15) is 5.75 Å². The molecule has 0 aromatic heterocycles. The first-order valence-electron chi connectivity index (χ1n) is 5.14. The molecule has 0 saturated carbocycles. The Morgan fingerprint density at radius 2 is 1.76 bits per heavy atom. The summed E-state index contributed by atoms with van der Waals surface area (Å²) in [6, 6.07) is 4.59. The van der Waals surface area contributed by atoms with Crippen molar-refractivity contribution in [3.63, 3.8) is 0 Å². The van der Waals surface area contributed by atoms with Crippen LogP contribution < -0.4 is 4.74 Å². The lowest BCUT2D eigenvalue weighted by Gasteiger charge is -2.24. The standard InChI is InChI=1S/C12H15F3O2/c1-11(2,3)9-6-4-5-8(7-16)10(9)17-12(13,14)15/h4-6,16H,7H2,1-3H3. The van der Waals surface area contributed by atoms with E-state index in [1.54, 1.807) is 32.9 Å². The second-order valence-electron chi connectivity index (χ2n) is 4.75. The second-order valence-corrected chi connectivity index (χ2v) is 4.75. The summed E-state index contributed by atoms with van der Waals surface area (Å²) in [4.78, 5) is 0. The van der Waals surface area contributed by atoms with E-state index in [9.17, 15) is 13.2 Å². The fourth-order valence-electron chi connectivity index (χ4n) is 1.54. The van der Waals surface area contributed by atoms with Crippen LogP contribution >= 0.6 is 0 Å². The number of ether oxygens (including phenoxy) is 1. The van der Waals surface area contributed by atoms with Crippen LogP contribution in [0.4, 0.5) is 13.2 Å². The van der Waals surface area contributed by atoms with Crippen LogP contribution in [0.15, 0.2) is 18.2 Å². The first-order valence-corrected chi connectivity index (χ1v) is 5.14. The molecule has 0 radical (unpaired) electrons. The summed E-state index contributed by atoms with van der Waals surface area (Å²) in [5, 5.41) is 9.06. The molecule has 17 heavy (non-hydrogen) atoms. The van der Waals surface area contributed by atoms with E-state index in [1.165, 1.54) is 6.07 Å². The third-order valence-corrected chi connectivity index (χ3v) is 2.29. The quantitative estimate of drug-likeness (QED) is 0.869. The van der Waals surface area contributed by atoms with Gasteiger partial charge in [-0.2, -0.15) is 0 Å². The van der Waals surface area contributed by atoms with Crippen molar-refractivity contribution in [2.24, 2.45) is 0 Å². The molecule has 5 heteroatoms. The molecule has 0 bridgehead atoms. The topological polar surface area (TPSA) is 29.5 Å². The number of aliphatic hydroxyl groups excluding tert-OH is 1. The van der Waals surface area contributed by atoms with Gasteiger partial charge in [-0.15, -0.1) is 13.2 Å². The van der Waals surface area contributed by atoms with E-state index in [4.69, 9.17) is 5.11 Å². The van der Waals surface area contributed by atoms with Gasteiger partial charge >= 0.3 is 6.36 Å². The predicted octanol–water partition coefficient (Wildman–Crippen LogP) is 3.38. The minimum atomic E-state index is -4.76. The van der Waals surface area contributed by atoms with Gasteiger partial charge in [0.25, 0.3) is 0 Å². The number of para-hydroxylation sites is 1. The van der Waals surface area contributed by atoms with Crippen LogP contribution in [-0.4, -0.2) is 11.5 Å². The summed E-state index contributed by atoms with van der Waals surface area (Å²) in [6.07, 6.45) is -4.76. The summed E-state index contributed by atoms with van der Waals surface area (Å²) in [6.45, 7) is 4.86. The van der Waals surface area contributed by atoms with Crippen molar-refractivity contribution in [1.82, 2.24) is 0 Å². The van der Waals surface area contributed by atoms with Crippen molar-refractivity contribution in [3.8, 4) is 5.75 Å². The lowest BCUT2D eigenvalue weighted by atomic mass is 9.85. The number of halogens is 3. The van der Waals surface area contributed by atoms with E-state index in [-0.39, 0.29) is 11.3 Å². The van der Waals surface area contributed by atoms with Crippen LogP contribution in [0.1, 0.15) is 31.9 Å². The molecule has 0 aliphatic rings. The Kier molecular flexibility index (Phi) is 3.71. The Morgan fingerprint density at radius 1 is 1.18 bits per heavy atom. The van der Waals surface area contributed by atoms with Crippen molar-refractivity contribution in [3.05, 3.63) is 29.3 Å². The van der Waals surface area contributed by atoms with Crippen molar-refractivity contribution in [1.29, 1.82) is 0 Å². The molecule has 2 nitrogen and oxygen atoms in total. The van der Waals surface area contributed by atoms with Gasteiger partial charge in [-0.25, -0.2) is 0 Å². The molecule has 0 amide bonds. The molecule has 0 aliphatic carbocycles. The van der Waals surface area contributed by atoms with E-state index in [0.717, 1.165) is 0 Å². The van der Waals surface area contributed by atoms with Crippen LogP contribution in [0.25, 0.3) is 0 Å². The Labute approximate surface area is 98.0 Å². The van der Waals surface area contributed by atoms with Gasteiger partial charge in [-0.1, -0.05) is 39.0 Å². The van der Waals surface area contributed by atoms with E-state index >= 15 is 0 Å². The van der Waals surface area contributed by atoms with Gasteiger partial charge in [0, 0.05) is 11.1 Å². The van der Waals surface area contributed by atoms with Crippen LogP contribution in [0, 0.1) is 0 Å². The fourth-order valence-corrected chi connectivity index (χ4v) is 1.54. The van der Waals surface area contributed by atoms with Gasteiger partial charge < -0.3 is 9.84 Å². The number of aliphatic hydroxyl groups is 1. The number of hydrogen-bond donors (Lipinski definition) is 1. The first-order chi connectivity index (χ1) is 7.65. The van der Waals surface area contributed by atoms with E-state index in [2.05, 4.69) is 4.74 Å². The third-order valence-electron chi connectivity index (χ3n) is 2.29. The van der Waals surface area contributed by atoms with Crippen LogP contribution in [0.3, 0.4) is 0 Å². The lowest BCUT2D eigenvalue weighted by molar-refractivity contribution is -0.275. The van der Waals surface area contributed by atoms with E-state index < -0.39 is 18.4 Å².